The van der Waals surface area contributed by atoms with Crippen molar-refractivity contribution < 1.29 is 14.4 Å². The molecule has 1 saturated carbocycles. The number of nitrogens with one attached hydrogen (secondary N) is 2. The summed E-state index contributed by atoms with van der Waals surface area (Å²) in [5.74, 6) is 1.53. The Morgan fingerprint density at radius 1 is 1.17 bits per heavy atom. The molecule has 1 heterocycles. The quantitative estimate of drug-likeness (QED) is 0.837. The molecule has 0 radical (unpaired) electrons. The van der Waals surface area contributed by atoms with E-state index in [4.69, 9.17) is 4.74 Å². The van der Waals surface area contributed by atoms with E-state index in [1.54, 1.807) is 4.90 Å². The minimum atomic E-state index is 0.219. The van der Waals surface area contributed by atoms with E-state index in [0.717, 1.165) is 38.2 Å². The molecule has 1 amide bonds. The lowest BCUT2D eigenvalue weighted by Crippen LogP contribution is -3.11. The number of hydrogen-bond acceptors (Lipinski definition) is 2. The van der Waals surface area contributed by atoms with Gasteiger partial charge in [0.25, 0.3) is 0 Å². The molecule has 0 unspecified atom stereocenters. The summed E-state index contributed by atoms with van der Waals surface area (Å²) in [5.41, 5.74) is 1.28. The van der Waals surface area contributed by atoms with E-state index in [1.807, 2.05) is 13.0 Å². The summed E-state index contributed by atoms with van der Waals surface area (Å²) in [6, 6.07) is 8.78. The van der Waals surface area contributed by atoms with Crippen molar-refractivity contribution in [3.8, 4) is 5.75 Å². The van der Waals surface area contributed by atoms with E-state index in [-0.39, 0.29) is 5.92 Å². The van der Waals surface area contributed by atoms with Crippen LogP contribution in [0.15, 0.2) is 24.3 Å². The number of likely N-dealkylation sites (tertiary alicyclic amines) is 1. The third-order valence-corrected chi connectivity index (χ3v) is 5.48. The molecule has 0 atom stereocenters. The van der Waals surface area contributed by atoms with Gasteiger partial charge in [-0.25, -0.2) is 0 Å². The van der Waals surface area contributed by atoms with Gasteiger partial charge in [0.05, 0.1) is 19.7 Å². The molecule has 1 aromatic rings. The van der Waals surface area contributed by atoms with Crippen LogP contribution in [0.2, 0.25) is 0 Å². The lowest BCUT2D eigenvalue weighted by Gasteiger charge is -2.29. The van der Waals surface area contributed by atoms with Crippen LogP contribution in [0.25, 0.3) is 0 Å². The largest absolute Gasteiger partial charge is 0.493 e. The Labute approximate surface area is 145 Å². The third-order valence-electron chi connectivity index (χ3n) is 5.48. The lowest BCUT2D eigenvalue weighted by molar-refractivity contribution is -0.919. The highest BCUT2D eigenvalue weighted by Crippen LogP contribution is 2.20. The summed E-state index contributed by atoms with van der Waals surface area (Å²) in [6.07, 6.45) is 6.89. The average Bonchev–Trinajstić information content (AvgIpc) is 3.10. The van der Waals surface area contributed by atoms with Gasteiger partial charge in [0.15, 0.2) is 0 Å². The van der Waals surface area contributed by atoms with Crippen LogP contribution < -0.4 is 15.0 Å². The molecule has 3 rings (SSSR count). The molecule has 24 heavy (non-hydrogen) atoms. The first-order valence-electron chi connectivity index (χ1n) is 9.61. The fourth-order valence-corrected chi connectivity index (χ4v) is 4.07. The summed E-state index contributed by atoms with van der Waals surface area (Å²) in [7, 11) is 0. The molecule has 0 bridgehead atoms. The molecule has 0 aromatic heterocycles. The van der Waals surface area contributed by atoms with Crippen LogP contribution in [0.1, 0.15) is 51.0 Å². The molecular formula is C20H31N2O2+. The zero-order chi connectivity index (χ0) is 16.8. The second-order valence-electron chi connectivity index (χ2n) is 7.23. The molecule has 132 valence electrons. The summed E-state index contributed by atoms with van der Waals surface area (Å²) in [6.45, 7) is 5.87. The Morgan fingerprint density at radius 3 is 2.58 bits per heavy atom. The van der Waals surface area contributed by atoms with E-state index in [1.165, 1.54) is 31.2 Å². The molecule has 2 aliphatic rings. The molecule has 2 fully saturated rings. The Morgan fingerprint density at radius 2 is 1.88 bits per heavy atom. The van der Waals surface area contributed by atoms with Gasteiger partial charge >= 0.3 is 0 Å². The molecule has 0 spiro atoms. The van der Waals surface area contributed by atoms with Crippen molar-refractivity contribution in [2.45, 2.75) is 58.0 Å². The average molecular weight is 331 g/mol. The fraction of sp³-hybridized carbons (Fsp3) is 0.650. The fourth-order valence-electron chi connectivity index (χ4n) is 4.07. The lowest BCUT2D eigenvalue weighted by atomic mass is 9.95. The van der Waals surface area contributed by atoms with Gasteiger partial charge in [-0.1, -0.05) is 25.0 Å². The molecule has 4 nitrogen and oxygen atoms in total. The Balaban J connectivity index is 1.47. The maximum absolute atomic E-state index is 12.4. The first kappa shape index (κ1) is 17.3. The number of hydrogen-bond donors (Lipinski definition) is 2. The smallest absolute Gasteiger partial charge is 0.223 e. The van der Waals surface area contributed by atoms with Gasteiger partial charge in [-0.2, -0.15) is 0 Å². The molecule has 1 aliphatic heterocycles. The Hall–Kier alpha value is -1.55. The maximum Gasteiger partial charge on any atom is 0.223 e. The second-order valence-corrected chi connectivity index (χ2v) is 7.23. The van der Waals surface area contributed by atoms with Crippen molar-refractivity contribution in [3.63, 3.8) is 0 Å². The van der Waals surface area contributed by atoms with Crippen LogP contribution in [-0.4, -0.2) is 31.6 Å². The van der Waals surface area contributed by atoms with Gasteiger partial charge in [-0.3, -0.25) is 4.79 Å². The first-order chi connectivity index (χ1) is 11.8. The Kier molecular flexibility index (Phi) is 6.13. The topological polar surface area (TPSA) is 42.8 Å². The summed E-state index contributed by atoms with van der Waals surface area (Å²) in [5, 5.41) is 3.27. The van der Waals surface area contributed by atoms with Crippen molar-refractivity contribution in [2.24, 2.45) is 5.92 Å². The van der Waals surface area contributed by atoms with Crippen LogP contribution in [0.3, 0.4) is 0 Å². The van der Waals surface area contributed by atoms with Crippen LogP contribution in [0, 0.1) is 5.92 Å². The predicted molar refractivity (Wildman–Crippen MR) is 95.1 cm³/mol. The van der Waals surface area contributed by atoms with Crippen molar-refractivity contribution in [3.05, 3.63) is 29.8 Å². The third kappa shape index (κ3) is 4.50. The molecule has 1 saturated heterocycles. The standard InChI is InChI=1S/C20H30N2O2/c1-2-24-19-10-6-3-7-17(19)15-22-13-11-16(12-14-22)20(23)21-18-8-4-5-9-18/h3,6-7,10,16,18H,2,4-5,8-9,11-15H2,1H3,(H,21,23)/p+1. The van der Waals surface area contributed by atoms with Crippen molar-refractivity contribution in [1.82, 2.24) is 5.32 Å². The van der Waals surface area contributed by atoms with E-state index in [2.05, 4.69) is 23.5 Å². The van der Waals surface area contributed by atoms with Crippen molar-refractivity contribution in [2.75, 3.05) is 19.7 Å². The highest BCUT2D eigenvalue weighted by atomic mass is 16.5. The predicted octanol–water partition coefficient (Wildman–Crippen LogP) is 1.94. The highest BCUT2D eigenvalue weighted by Gasteiger charge is 2.29. The maximum atomic E-state index is 12.4. The van der Waals surface area contributed by atoms with Gasteiger partial charge in [0.2, 0.25) is 5.91 Å². The number of ether oxygens (including phenoxy) is 1. The SMILES string of the molecule is CCOc1ccccc1C[NH+]1CCC(C(=O)NC2CCCC2)CC1. The number of amides is 1. The number of piperidine rings is 1. The second kappa shape index (κ2) is 8.52. The van der Waals surface area contributed by atoms with E-state index >= 15 is 0 Å². The zero-order valence-electron chi connectivity index (χ0n) is 14.9. The molecule has 4 heteroatoms. The van der Waals surface area contributed by atoms with Gasteiger partial charge in [0, 0.05) is 30.4 Å². The van der Waals surface area contributed by atoms with Crippen molar-refractivity contribution >= 4 is 5.91 Å². The minimum absolute atomic E-state index is 0.219. The molecule has 1 aromatic carbocycles. The van der Waals surface area contributed by atoms with Gasteiger partial charge in [0.1, 0.15) is 12.3 Å². The summed E-state index contributed by atoms with van der Waals surface area (Å²) in [4.78, 5) is 14.0. The number of benzene rings is 1. The molecule has 1 aliphatic carbocycles. The van der Waals surface area contributed by atoms with Gasteiger partial charge in [-0.05, 0) is 31.9 Å². The van der Waals surface area contributed by atoms with E-state index in [9.17, 15) is 4.79 Å². The molecular weight excluding hydrogens is 300 g/mol. The monoisotopic (exact) mass is 331 g/mol. The normalized spacial score (nSPS) is 24.7. The Bertz CT molecular complexity index is 532. The minimum Gasteiger partial charge on any atom is -0.493 e. The first-order valence-corrected chi connectivity index (χ1v) is 9.61. The van der Waals surface area contributed by atoms with Gasteiger partial charge < -0.3 is 15.0 Å². The number of carbonyl (C=O) groups excluding carboxylic acids is 1. The van der Waals surface area contributed by atoms with E-state index < -0.39 is 0 Å². The number of carbonyl (C=O) groups is 1. The molecule has 2 N–H and O–H groups in total. The zero-order valence-corrected chi connectivity index (χ0v) is 14.9. The summed E-state index contributed by atoms with van der Waals surface area (Å²) < 4.78 is 5.73. The highest BCUT2D eigenvalue weighted by molar-refractivity contribution is 5.79. The number of rotatable bonds is 6. The van der Waals surface area contributed by atoms with Crippen LogP contribution in [-0.2, 0) is 11.3 Å². The van der Waals surface area contributed by atoms with Gasteiger partial charge in [-0.15, -0.1) is 0 Å². The summed E-state index contributed by atoms with van der Waals surface area (Å²) >= 11 is 0. The van der Waals surface area contributed by atoms with Crippen LogP contribution >= 0.6 is 0 Å². The van der Waals surface area contributed by atoms with E-state index in [0.29, 0.717) is 18.6 Å². The van der Waals surface area contributed by atoms with Crippen LogP contribution in [0.5, 0.6) is 5.75 Å². The van der Waals surface area contributed by atoms with Crippen molar-refractivity contribution in [1.29, 1.82) is 0 Å². The van der Waals surface area contributed by atoms with Crippen LogP contribution in [0.4, 0.5) is 0 Å². The number of para-hydroxylation sites is 1. The number of quaternary nitrogens is 1.